The molecule has 2 heterocycles. The highest BCUT2D eigenvalue weighted by atomic mass is 32.2. The summed E-state index contributed by atoms with van der Waals surface area (Å²) in [5.74, 6) is 0.896. The smallest absolute Gasteiger partial charge is 0.264 e. The van der Waals surface area contributed by atoms with E-state index in [0.717, 1.165) is 34.8 Å². The highest BCUT2D eigenvalue weighted by Crippen LogP contribution is 2.25. The molecule has 2 aromatic carbocycles. The predicted molar refractivity (Wildman–Crippen MR) is 127 cm³/mol. The third-order valence-corrected chi connectivity index (χ3v) is 7.92. The standard InChI is InChI=1S/C24H27N5O2S/c1-17-18(2)29(14-12-21(17)25)15-13-24-26-22-16-20(10-11-23(22)27(24)3)32(30,31)28(4)19-8-6-5-7-9-19/h5-12,14,16,25H,13,15H2,1-4H3/p+1. The molecule has 0 unspecified atom stereocenters. The number of para-hydroxylation sites is 1. The molecule has 0 amide bonds. The molecule has 0 aliphatic carbocycles. The zero-order valence-corrected chi connectivity index (χ0v) is 19.6. The van der Waals surface area contributed by atoms with Gasteiger partial charge in [-0.2, -0.15) is 0 Å². The van der Waals surface area contributed by atoms with Crippen molar-refractivity contribution in [3.63, 3.8) is 0 Å². The van der Waals surface area contributed by atoms with Crippen LogP contribution in [0.4, 0.5) is 11.4 Å². The van der Waals surface area contributed by atoms with E-state index >= 15 is 0 Å². The van der Waals surface area contributed by atoms with Crippen molar-refractivity contribution in [2.24, 2.45) is 7.05 Å². The molecular weight excluding hydrogens is 422 g/mol. The monoisotopic (exact) mass is 450 g/mol. The number of fused-ring (bicyclic) bond motifs is 1. The molecule has 32 heavy (non-hydrogen) atoms. The Morgan fingerprint density at radius 1 is 1.09 bits per heavy atom. The van der Waals surface area contributed by atoms with Gasteiger partial charge >= 0.3 is 0 Å². The Bertz CT molecular complexity index is 1400. The number of hydrogen-bond acceptors (Lipinski definition) is 4. The molecule has 4 rings (SSSR count). The Morgan fingerprint density at radius 3 is 2.53 bits per heavy atom. The Balaban J connectivity index is 1.63. The fraction of sp³-hybridized carbons (Fsp3) is 0.250. The fourth-order valence-electron chi connectivity index (χ4n) is 3.84. The van der Waals surface area contributed by atoms with Crippen LogP contribution >= 0.6 is 0 Å². The zero-order chi connectivity index (χ0) is 23.0. The SMILES string of the molecule is Cc1c(N)cc[n+](CCc2nc3cc(S(=O)(=O)N(C)c4ccccc4)ccc3n2C)c1C. The number of rotatable bonds is 6. The van der Waals surface area contributed by atoms with Crippen molar-refractivity contribution in [2.75, 3.05) is 17.1 Å². The molecule has 0 aliphatic rings. The maximum Gasteiger partial charge on any atom is 0.264 e. The number of nitrogens with two attached hydrogens (primary N) is 1. The summed E-state index contributed by atoms with van der Waals surface area (Å²) in [4.78, 5) is 4.97. The second-order valence-corrected chi connectivity index (χ2v) is 9.94. The number of nitrogen functional groups attached to an aromatic ring is 1. The molecule has 0 bridgehead atoms. The number of nitrogens with zero attached hydrogens (tertiary/aromatic N) is 4. The molecule has 0 radical (unpaired) electrons. The van der Waals surface area contributed by atoms with Crippen LogP contribution in [-0.4, -0.2) is 25.0 Å². The van der Waals surface area contributed by atoms with Gasteiger partial charge in [-0.15, -0.1) is 0 Å². The van der Waals surface area contributed by atoms with Gasteiger partial charge < -0.3 is 10.3 Å². The van der Waals surface area contributed by atoms with E-state index in [-0.39, 0.29) is 4.90 Å². The summed E-state index contributed by atoms with van der Waals surface area (Å²) in [6, 6.07) is 16.1. The quantitative estimate of drug-likeness (QED) is 0.458. The lowest BCUT2D eigenvalue weighted by Crippen LogP contribution is -2.39. The first kappa shape index (κ1) is 21.8. The second kappa shape index (κ2) is 8.27. The summed E-state index contributed by atoms with van der Waals surface area (Å²) in [7, 11) is -0.167. The summed E-state index contributed by atoms with van der Waals surface area (Å²) < 4.78 is 31.8. The average molecular weight is 451 g/mol. The van der Waals surface area contributed by atoms with Crippen LogP contribution in [0.15, 0.2) is 65.7 Å². The molecule has 0 spiro atoms. The van der Waals surface area contributed by atoms with Crippen LogP contribution < -0.4 is 14.6 Å². The second-order valence-electron chi connectivity index (χ2n) is 7.97. The van der Waals surface area contributed by atoms with Crippen LogP contribution in [0.2, 0.25) is 0 Å². The number of benzene rings is 2. The Labute approximate surface area is 188 Å². The van der Waals surface area contributed by atoms with Gasteiger partial charge in [0.25, 0.3) is 10.0 Å². The lowest BCUT2D eigenvalue weighted by molar-refractivity contribution is -0.702. The number of aryl methyl sites for hydroxylation is 3. The molecule has 0 fully saturated rings. The first-order valence-corrected chi connectivity index (χ1v) is 11.9. The lowest BCUT2D eigenvalue weighted by Gasteiger charge is -2.19. The number of imidazole rings is 1. The van der Waals surface area contributed by atoms with Gasteiger partial charge in [0.05, 0.1) is 28.0 Å². The van der Waals surface area contributed by atoms with Gasteiger partial charge in [0, 0.05) is 38.3 Å². The number of aromatic nitrogens is 3. The molecule has 166 valence electrons. The molecule has 7 nitrogen and oxygen atoms in total. The first-order valence-electron chi connectivity index (χ1n) is 10.4. The van der Waals surface area contributed by atoms with Crippen LogP contribution in [0.1, 0.15) is 17.1 Å². The molecule has 8 heteroatoms. The third-order valence-electron chi connectivity index (χ3n) is 6.14. The van der Waals surface area contributed by atoms with Gasteiger partial charge in [0.2, 0.25) is 0 Å². The van der Waals surface area contributed by atoms with Gasteiger partial charge in [0.1, 0.15) is 5.82 Å². The minimum absolute atomic E-state index is 0.223. The molecule has 0 aliphatic heterocycles. The topological polar surface area (TPSA) is 85.1 Å². The number of pyridine rings is 1. The van der Waals surface area contributed by atoms with E-state index in [1.807, 2.05) is 55.1 Å². The van der Waals surface area contributed by atoms with Crippen LogP contribution in [0.25, 0.3) is 11.0 Å². The van der Waals surface area contributed by atoms with E-state index in [9.17, 15) is 8.42 Å². The molecular formula is C24H28N5O2S+. The van der Waals surface area contributed by atoms with E-state index in [0.29, 0.717) is 17.6 Å². The summed E-state index contributed by atoms with van der Waals surface area (Å²) in [5.41, 5.74) is 11.2. The van der Waals surface area contributed by atoms with Crippen LogP contribution in [0, 0.1) is 13.8 Å². The third kappa shape index (κ3) is 3.82. The first-order chi connectivity index (χ1) is 15.2. The molecule has 0 saturated heterocycles. The lowest BCUT2D eigenvalue weighted by atomic mass is 10.2. The van der Waals surface area contributed by atoms with Crippen LogP contribution in [0.5, 0.6) is 0 Å². The molecule has 4 aromatic rings. The Morgan fingerprint density at radius 2 is 1.81 bits per heavy atom. The Kier molecular flexibility index (Phi) is 5.64. The molecule has 2 N–H and O–H groups in total. The van der Waals surface area contributed by atoms with Crippen molar-refractivity contribution in [2.45, 2.75) is 31.7 Å². The average Bonchev–Trinajstić information content (AvgIpc) is 3.12. The van der Waals surface area contributed by atoms with E-state index in [4.69, 9.17) is 10.7 Å². The predicted octanol–water partition coefficient (Wildman–Crippen LogP) is 3.13. The van der Waals surface area contributed by atoms with E-state index in [1.54, 1.807) is 31.3 Å². The Hall–Kier alpha value is -3.39. The van der Waals surface area contributed by atoms with Crippen molar-refractivity contribution in [1.82, 2.24) is 9.55 Å². The van der Waals surface area contributed by atoms with Gasteiger partial charge in [0.15, 0.2) is 18.4 Å². The maximum atomic E-state index is 13.2. The van der Waals surface area contributed by atoms with Crippen molar-refractivity contribution >= 4 is 32.4 Å². The van der Waals surface area contributed by atoms with Crippen molar-refractivity contribution in [1.29, 1.82) is 0 Å². The van der Waals surface area contributed by atoms with E-state index < -0.39 is 10.0 Å². The van der Waals surface area contributed by atoms with E-state index in [1.165, 1.54) is 4.31 Å². The van der Waals surface area contributed by atoms with Gasteiger partial charge in [-0.1, -0.05) is 18.2 Å². The summed E-state index contributed by atoms with van der Waals surface area (Å²) in [6.45, 7) is 4.83. The highest BCUT2D eigenvalue weighted by Gasteiger charge is 2.23. The van der Waals surface area contributed by atoms with E-state index in [2.05, 4.69) is 11.5 Å². The number of sulfonamides is 1. The van der Waals surface area contributed by atoms with Crippen molar-refractivity contribution in [3.05, 3.63) is 77.9 Å². The van der Waals surface area contributed by atoms with Gasteiger partial charge in [-0.3, -0.25) is 4.31 Å². The number of anilines is 2. The molecule has 0 atom stereocenters. The minimum Gasteiger partial charge on any atom is -0.398 e. The summed E-state index contributed by atoms with van der Waals surface area (Å²) >= 11 is 0. The number of hydrogen-bond donors (Lipinski definition) is 1. The molecule has 0 saturated carbocycles. The van der Waals surface area contributed by atoms with Crippen molar-refractivity contribution < 1.29 is 13.0 Å². The highest BCUT2D eigenvalue weighted by molar-refractivity contribution is 7.92. The normalized spacial score (nSPS) is 11.8. The van der Waals surface area contributed by atoms with Crippen LogP contribution in [0.3, 0.4) is 0 Å². The fourth-order valence-corrected chi connectivity index (χ4v) is 5.06. The maximum absolute atomic E-state index is 13.2. The zero-order valence-electron chi connectivity index (χ0n) is 18.8. The van der Waals surface area contributed by atoms with Crippen molar-refractivity contribution in [3.8, 4) is 0 Å². The van der Waals surface area contributed by atoms with Gasteiger partial charge in [-0.25, -0.2) is 18.0 Å². The largest absolute Gasteiger partial charge is 0.398 e. The molecule has 2 aromatic heterocycles. The minimum atomic E-state index is -3.69. The van der Waals surface area contributed by atoms with Crippen LogP contribution in [-0.2, 0) is 30.0 Å². The summed E-state index contributed by atoms with van der Waals surface area (Å²) in [5, 5.41) is 0. The van der Waals surface area contributed by atoms with Gasteiger partial charge in [-0.05, 0) is 37.3 Å². The summed E-state index contributed by atoms with van der Waals surface area (Å²) in [6.07, 6.45) is 2.70.